The molecule has 2 heterocycles. The number of carbonyl (C=O) groups is 1. The Morgan fingerprint density at radius 3 is 1.92 bits per heavy atom. The summed E-state index contributed by atoms with van der Waals surface area (Å²) in [4.78, 5) is 29.9. The number of methoxy groups -OCH3 is 2. The summed E-state index contributed by atoms with van der Waals surface area (Å²) in [5, 5.41) is 25.0. The van der Waals surface area contributed by atoms with Gasteiger partial charge in [-0.25, -0.2) is 4.79 Å². The van der Waals surface area contributed by atoms with E-state index in [2.05, 4.69) is 10.3 Å². The Balaban J connectivity index is 1.31. The molecule has 4 aromatic carbocycles. The molecule has 11 nitrogen and oxygen atoms in total. The Bertz CT molecular complexity index is 1890. The van der Waals surface area contributed by atoms with Gasteiger partial charge >= 0.3 is 5.69 Å². The van der Waals surface area contributed by atoms with Crippen molar-refractivity contribution in [2.75, 3.05) is 26.1 Å². The summed E-state index contributed by atoms with van der Waals surface area (Å²) < 4.78 is 25.4. The second-order valence-corrected chi connectivity index (χ2v) is 12.5. The number of hydrogen-bond acceptors (Lipinski definition) is 9. The molecule has 1 amide bonds. The molecule has 4 atom stereocenters. The number of halogens is 1. The Morgan fingerprint density at radius 1 is 0.837 bits per heavy atom. The van der Waals surface area contributed by atoms with Crippen LogP contribution in [0.5, 0.6) is 11.5 Å². The third kappa shape index (κ3) is 6.96. The van der Waals surface area contributed by atoms with Gasteiger partial charge in [0.15, 0.2) is 12.0 Å². The van der Waals surface area contributed by atoms with Gasteiger partial charge in [-0.3, -0.25) is 9.36 Å². The zero-order chi connectivity index (χ0) is 34.5. The van der Waals surface area contributed by atoms with Crippen LogP contribution >= 0.6 is 22.6 Å². The van der Waals surface area contributed by atoms with E-state index in [0.29, 0.717) is 20.6 Å². The van der Waals surface area contributed by atoms with Gasteiger partial charge in [0, 0.05) is 11.8 Å². The molecule has 0 saturated carbocycles. The van der Waals surface area contributed by atoms with E-state index in [-0.39, 0.29) is 12.4 Å². The molecule has 1 fully saturated rings. The van der Waals surface area contributed by atoms with Gasteiger partial charge in [-0.15, -0.1) is 0 Å². The molecule has 1 saturated heterocycles. The molecule has 252 valence electrons. The predicted molar refractivity (Wildman–Crippen MR) is 190 cm³/mol. The van der Waals surface area contributed by atoms with Gasteiger partial charge in [-0.05, 0) is 75.7 Å². The molecular weight excluding hydrogens is 741 g/mol. The topological polar surface area (TPSA) is 141 Å². The van der Waals surface area contributed by atoms with Crippen molar-refractivity contribution in [2.45, 2.75) is 30.1 Å². The molecule has 1 aliphatic heterocycles. The zero-order valence-corrected chi connectivity index (χ0v) is 28.8. The maximum Gasteiger partial charge on any atom is 0.351 e. The Labute approximate surface area is 296 Å². The maximum absolute atomic E-state index is 13.2. The Morgan fingerprint density at radius 2 is 1.37 bits per heavy atom. The first-order chi connectivity index (χ1) is 23.7. The molecule has 5 aromatic rings. The standard InChI is InChI=1S/C37H34IN3O8/c1-46-27-17-13-25(14-18-27)37(24-11-7-4-8-12-24,26-15-19-28(47-2)20-16-26)48-22-30-31(42)32(43)35(49-30)41-21-29(38)33(40-36(41)45)39-34(44)23-9-5-3-6-10-23/h3-21,30-32,35,42-43H,22H2,1-2H3,(H,39,40,44,45)/t30-,31-,32-,35-/m1/s1. The fourth-order valence-electron chi connectivity index (χ4n) is 5.86. The summed E-state index contributed by atoms with van der Waals surface area (Å²) in [5.74, 6) is 0.972. The van der Waals surface area contributed by atoms with E-state index in [9.17, 15) is 19.8 Å². The van der Waals surface area contributed by atoms with Gasteiger partial charge < -0.3 is 34.5 Å². The highest BCUT2D eigenvalue weighted by atomic mass is 127. The minimum Gasteiger partial charge on any atom is -0.497 e. The molecule has 1 aliphatic rings. The zero-order valence-electron chi connectivity index (χ0n) is 26.6. The molecule has 1 aromatic heterocycles. The molecule has 0 radical (unpaired) electrons. The lowest BCUT2D eigenvalue weighted by atomic mass is 9.80. The van der Waals surface area contributed by atoms with E-state index >= 15 is 0 Å². The van der Waals surface area contributed by atoms with Gasteiger partial charge in [0.2, 0.25) is 0 Å². The monoisotopic (exact) mass is 775 g/mol. The van der Waals surface area contributed by atoms with E-state index in [1.165, 1.54) is 6.20 Å². The number of rotatable bonds is 11. The minimum atomic E-state index is -1.48. The average molecular weight is 776 g/mol. The maximum atomic E-state index is 13.2. The number of ether oxygens (including phenoxy) is 4. The van der Waals surface area contributed by atoms with Gasteiger partial charge in [0.05, 0.1) is 24.4 Å². The predicted octanol–water partition coefficient (Wildman–Crippen LogP) is 4.75. The highest BCUT2D eigenvalue weighted by Gasteiger charge is 2.47. The smallest absolute Gasteiger partial charge is 0.351 e. The molecule has 49 heavy (non-hydrogen) atoms. The van der Waals surface area contributed by atoms with Crippen LogP contribution in [0.4, 0.5) is 5.82 Å². The van der Waals surface area contributed by atoms with E-state index in [1.807, 2.05) is 101 Å². The third-order valence-corrected chi connectivity index (χ3v) is 9.21. The number of amides is 1. The summed E-state index contributed by atoms with van der Waals surface area (Å²) in [6.07, 6.45) is -3.79. The van der Waals surface area contributed by atoms with E-state index in [0.717, 1.165) is 21.3 Å². The van der Waals surface area contributed by atoms with Crippen LogP contribution in [0.1, 0.15) is 33.3 Å². The summed E-state index contributed by atoms with van der Waals surface area (Å²) in [5.41, 5.74) is 0.781. The quantitative estimate of drug-likeness (QED) is 0.128. The lowest BCUT2D eigenvalue weighted by molar-refractivity contribution is -0.0958. The van der Waals surface area contributed by atoms with Crippen LogP contribution < -0.4 is 20.5 Å². The van der Waals surface area contributed by atoms with Crippen LogP contribution in [0.15, 0.2) is 120 Å². The minimum absolute atomic E-state index is 0.0650. The number of nitrogens with zero attached hydrogens (tertiary/aromatic N) is 2. The fraction of sp³-hybridized carbons (Fsp3) is 0.216. The number of anilines is 1. The first kappa shape index (κ1) is 34.3. The van der Waals surface area contributed by atoms with Crippen molar-refractivity contribution in [3.63, 3.8) is 0 Å². The molecule has 6 rings (SSSR count). The van der Waals surface area contributed by atoms with Gasteiger partial charge in [-0.2, -0.15) is 4.98 Å². The molecule has 12 heteroatoms. The largest absolute Gasteiger partial charge is 0.497 e. The van der Waals surface area contributed by atoms with Crippen molar-refractivity contribution in [2.24, 2.45) is 0 Å². The molecular formula is C37H34IN3O8. The van der Waals surface area contributed by atoms with Crippen LogP contribution in [0.3, 0.4) is 0 Å². The number of nitrogens with one attached hydrogen (secondary N) is 1. The van der Waals surface area contributed by atoms with Crippen molar-refractivity contribution in [3.05, 3.63) is 152 Å². The third-order valence-electron chi connectivity index (χ3n) is 8.42. The van der Waals surface area contributed by atoms with Crippen molar-refractivity contribution in [1.82, 2.24) is 9.55 Å². The molecule has 3 N–H and O–H groups in total. The summed E-state index contributed by atoms with van der Waals surface area (Å²) >= 11 is 1.94. The molecule has 0 aliphatic carbocycles. The highest BCUT2D eigenvalue weighted by Crippen LogP contribution is 2.42. The van der Waals surface area contributed by atoms with E-state index in [1.54, 1.807) is 44.6 Å². The summed E-state index contributed by atoms with van der Waals surface area (Å²) in [6.45, 7) is -0.174. The van der Waals surface area contributed by atoms with Crippen LogP contribution in [0.25, 0.3) is 0 Å². The summed E-state index contributed by atoms with van der Waals surface area (Å²) in [6, 6.07) is 33.2. The fourth-order valence-corrected chi connectivity index (χ4v) is 6.42. The van der Waals surface area contributed by atoms with Crippen molar-refractivity contribution in [3.8, 4) is 11.5 Å². The van der Waals surface area contributed by atoms with Crippen molar-refractivity contribution < 1.29 is 34.0 Å². The number of hydrogen-bond donors (Lipinski definition) is 3. The number of aromatic nitrogens is 2. The number of aliphatic hydroxyl groups is 2. The summed E-state index contributed by atoms with van der Waals surface area (Å²) in [7, 11) is 3.19. The lowest BCUT2D eigenvalue weighted by Gasteiger charge is -2.37. The molecule has 0 spiro atoms. The second-order valence-electron chi connectivity index (χ2n) is 11.3. The van der Waals surface area contributed by atoms with Gasteiger partial charge in [0.1, 0.15) is 35.4 Å². The molecule has 0 unspecified atom stereocenters. The van der Waals surface area contributed by atoms with Crippen LogP contribution in [-0.4, -0.2) is 64.8 Å². The first-order valence-electron chi connectivity index (χ1n) is 15.4. The Kier molecular flexibility index (Phi) is 10.4. The number of benzene rings is 4. The highest BCUT2D eigenvalue weighted by molar-refractivity contribution is 14.1. The van der Waals surface area contributed by atoms with Crippen LogP contribution in [0.2, 0.25) is 0 Å². The van der Waals surface area contributed by atoms with Gasteiger partial charge in [-0.1, -0.05) is 72.8 Å². The van der Waals surface area contributed by atoms with Crippen LogP contribution in [-0.2, 0) is 15.1 Å². The molecule has 0 bridgehead atoms. The van der Waals surface area contributed by atoms with E-state index in [4.69, 9.17) is 18.9 Å². The number of aliphatic hydroxyl groups excluding tert-OH is 2. The van der Waals surface area contributed by atoms with Crippen LogP contribution in [0, 0.1) is 3.57 Å². The second kappa shape index (κ2) is 14.9. The normalized spacial score (nSPS) is 19.0. The Hall–Kier alpha value is -4.60. The van der Waals surface area contributed by atoms with Crippen molar-refractivity contribution >= 4 is 34.3 Å². The van der Waals surface area contributed by atoms with Crippen molar-refractivity contribution in [1.29, 1.82) is 0 Å². The van der Waals surface area contributed by atoms with Gasteiger partial charge in [0.25, 0.3) is 5.91 Å². The van der Waals surface area contributed by atoms with E-state index < -0.39 is 41.7 Å². The lowest BCUT2D eigenvalue weighted by Crippen LogP contribution is -2.39. The first-order valence-corrected chi connectivity index (χ1v) is 16.5. The number of carbonyl (C=O) groups excluding carboxylic acids is 1. The average Bonchev–Trinajstić information content (AvgIpc) is 3.43. The SMILES string of the molecule is COc1ccc(C(OC[C@H]2O[C@@H](n3cc(I)c(NC(=O)c4ccccc4)nc3=O)[C@H](O)[C@@H]2O)(c2ccccc2)c2ccc(OC)cc2)cc1.